The minimum absolute atomic E-state index is 0.0188. The number of nitrogens with zero attached hydrogens (tertiary/aromatic N) is 1. The molecule has 1 aromatic carbocycles. The van der Waals surface area contributed by atoms with Crippen LogP contribution in [0, 0.1) is 6.92 Å². The first-order chi connectivity index (χ1) is 14.5. The lowest BCUT2D eigenvalue weighted by Crippen LogP contribution is -2.51. The molecule has 0 aliphatic rings. The van der Waals surface area contributed by atoms with Crippen LogP contribution < -0.4 is 5.32 Å². The van der Waals surface area contributed by atoms with Crippen LogP contribution in [0.25, 0.3) is 0 Å². The molecule has 0 aliphatic heterocycles. The van der Waals surface area contributed by atoms with Gasteiger partial charge in [-0.15, -0.1) is 11.6 Å². The van der Waals surface area contributed by atoms with Crippen LogP contribution in [0.4, 0.5) is 4.79 Å². The van der Waals surface area contributed by atoms with Crippen LogP contribution in [-0.4, -0.2) is 55.9 Å². The molecule has 2 amide bonds. The van der Waals surface area contributed by atoms with Crippen LogP contribution in [-0.2, 0) is 20.5 Å². The van der Waals surface area contributed by atoms with Gasteiger partial charge in [-0.25, -0.2) is 4.79 Å². The molecule has 0 saturated heterocycles. The molecule has 32 heavy (non-hydrogen) atoms. The number of hydrogen-bond donors (Lipinski definition) is 1. The van der Waals surface area contributed by atoms with E-state index in [1.54, 1.807) is 4.90 Å². The van der Waals surface area contributed by atoms with Gasteiger partial charge >= 0.3 is 6.09 Å². The monoisotopic (exact) mass is 484 g/mol. The Morgan fingerprint density at radius 2 is 1.78 bits per heavy atom. The number of alkyl carbamates (subject to hydrolysis) is 1. The van der Waals surface area contributed by atoms with Crippen molar-refractivity contribution in [2.75, 3.05) is 19.0 Å². The zero-order valence-corrected chi connectivity index (χ0v) is 22.9. The number of carbonyl (C=O) groups is 2. The van der Waals surface area contributed by atoms with Crippen molar-refractivity contribution in [3.63, 3.8) is 0 Å². The summed E-state index contributed by atoms with van der Waals surface area (Å²) in [5.41, 5.74) is 1.56. The molecule has 0 aromatic heterocycles. The van der Waals surface area contributed by atoms with E-state index in [2.05, 4.69) is 45.2 Å². The molecule has 0 fully saturated rings. The standard InChI is InChI=1S/C24H41ClN2O4Si/c1-18-11-10-12-19(13-18)16-27(21(28)14-25)17-20(31-32(8,9)24(5,6)7)15-26-22(29)30-23(2,3)4/h10-13,20H,14-17H2,1-9H3,(H,26,29). The smallest absolute Gasteiger partial charge is 0.407 e. The van der Waals surface area contributed by atoms with E-state index in [4.69, 9.17) is 20.8 Å². The summed E-state index contributed by atoms with van der Waals surface area (Å²) in [7, 11) is -2.16. The van der Waals surface area contributed by atoms with Gasteiger partial charge in [0.15, 0.2) is 8.32 Å². The number of ether oxygens (including phenoxy) is 1. The lowest BCUT2D eigenvalue weighted by molar-refractivity contribution is -0.130. The molecule has 0 saturated carbocycles. The van der Waals surface area contributed by atoms with Gasteiger partial charge in [0.25, 0.3) is 0 Å². The average molecular weight is 485 g/mol. The van der Waals surface area contributed by atoms with E-state index in [1.165, 1.54) is 0 Å². The Morgan fingerprint density at radius 3 is 2.28 bits per heavy atom. The number of carbonyl (C=O) groups excluding carboxylic acids is 2. The fourth-order valence-corrected chi connectivity index (χ4v) is 4.38. The van der Waals surface area contributed by atoms with Gasteiger partial charge in [-0.3, -0.25) is 4.79 Å². The molecule has 1 N–H and O–H groups in total. The Labute approximate surface area is 200 Å². The van der Waals surface area contributed by atoms with Gasteiger partial charge < -0.3 is 19.4 Å². The van der Waals surface area contributed by atoms with Gasteiger partial charge in [-0.05, 0) is 51.4 Å². The second-order valence-corrected chi connectivity index (χ2v) is 15.8. The highest BCUT2D eigenvalue weighted by Crippen LogP contribution is 2.37. The predicted octanol–water partition coefficient (Wildman–Crippen LogP) is 5.48. The highest BCUT2D eigenvalue weighted by molar-refractivity contribution is 6.74. The molecule has 8 heteroatoms. The van der Waals surface area contributed by atoms with E-state index in [9.17, 15) is 9.59 Å². The molecule has 0 aliphatic carbocycles. The third kappa shape index (κ3) is 9.92. The van der Waals surface area contributed by atoms with E-state index in [1.807, 2.05) is 45.9 Å². The number of hydrogen-bond acceptors (Lipinski definition) is 4. The number of amides is 2. The molecule has 182 valence electrons. The summed E-state index contributed by atoms with van der Waals surface area (Å²) >= 11 is 5.92. The van der Waals surface area contributed by atoms with Gasteiger partial charge in [0.05, 0.1) is 6.10 Å². The number of nitrogens with one attached hydrogen (secondary N) is 1. The van der Waals surface area contributed by atoms with Gasteiger partial charge in [0.1, 0.15) is 11.5 Å². The zero-order chi connectivity index (χ0) is 24.7. The maximum atomic E-state index is 12.7. The molecule has 0 bridgehead atoms. The van der Waals surface area contributed by atoms with E-state index >= 15 is 0 Å². The molecule has 6 nitrogen and oxygen atoms in total. The van der Waals surface area contributed by atoms with Crippen LogP contribution >= 0.6 is 11.6 Å². The summed E-state index contributed by atoms with van der Waals surface area (Å²) in [6, 6.07) is 8.04. The van der Waals surface area contributed by atoms with Crippen molar-refractivity contribution in [1.82, 2.24) is 10.2 Å². The fraction of sp³-hybridized carbons (Fsp3) is 0.667. The van der Waals surface area contributed by atoms with E-state index in [0.717, 1.165) is 11.1 Å². The van der Waals surface area contributed by atoms with E-state index in [-0.39, 0.29) is 29.5 Å². The highest BCUT2D eigenvalue weighted by Gasteiger charge is 2.39. The van der Waals surface area contributed by atoms with Crippen molar-refractivity contribution < 1.29 is 18.8 Å². The number of alkyl halides is 1. The first-order valence-electron chi connectivity index (χ1n) is 11.1. The van der Waals surface area contributed by atoms with E-state index in [0.29, 0.717) is 13.1 Å². The van der Waals surface area contributed by atoms with Crippen LogP contribution in [0.2, 0.25) is 18.1 Å². The second kappa shape index (κ2) is 11.5. The molecule has 1 aromatic rings. The topological polar surface area (TPSA) is 67.9 Å². The maximum Gasteiger partial charge on any atom is 0.407 e. The van der Waals surface area contributed by atoms with Crippen molar-refractivity contribution in [3.8, 4) is 0 Å². The molecular weight excluding hydrogens is 444 g/mol. The van der Waals surface area contributed by atoms with Crippen molar-refractivity contribution in [2.24, 2.45) is 0 Å². The SMILES string of the molecule is Cc1cccc(CN(CC(CNC(=O)OC(C)(C)C)O[Si](C)(C)C(C)(C)C)C(=O)CCl)c1. The first-order valence-corrected chi connectivity index (χ1v) is 14.5. The number of aryl methyl sites for hydroxylation is 1. The summed E-state index contributed by atoms with van der Waals surface area (Å²) < 4.78 is 12.0. The highest BCUT2D eigenvalue weighted by atomic mass is 35.5. The molecular formula is C24H41ClN2O4Si. The van der Waals surface area contributed by atoms with Gasteiger partial charge in [-0.2, -0.15) is 0 Å². The lowest BCUT2D eigenvalue weighted by Gasteiger charge is -2.40. The summed E-state index contributed by atoms with van der Waals surface area (Å²) in [4.78, 5) is 26.6. The third-order valence-corrected chi connectivity index (χ3v) is 10.3. The third-order valence-electron chi connectivity index (χ3n) is 5.49. The van der Waals surface area contributed by atoms with Gasteiger partial charge in [-0.1, -0.05) is 50.6 Å². The summed E-state index contributed by atoms with van der Waals surface area (Å²) in [5.74, 6) is -0.285. The number of rotatable bonds is 9. The summed E-state index contributed by atoms with van der Waals surface area (Å²) in [6.45, 7) is 19.2. The number of halogens is 1. The first kappa shape index (κ1) is 28.5. The van der Waals surface area contributed by atoms with Crippen molar-refractivity contribution in [3.05, 3.63) is 35.4 Å². The van der Waals surface area contributed by atoms with Crippen molar-refractivity contribution in [1.29, 1.82) is 0 Å². The van der Waals surface area contributed by atoms with Crippen molar-refractivity contribution >= 4 is 31.9 Å². The lowest BCUT2D eigenvalue weighted by atomic mass is 10.1. The Morgan fingerprint density at radius 1 is 1.16 bits per heavy atom. The molecule has 1 atom stereocenters. The van der Waals surface area contributed by atoms with E-state index < -0.39 is 20.0 Å². The quantitative estimate of drug-likeness (QED) is 0.372. The van der Waals surface area contributed by atoms with Gasteiger partial charge in [0, 0.05) is 19.6 Å². The molecule has 0 radical (unpaired) electrons. The minimum Gasteiger partial charge on any atom is -0.444 e. The molecule has 1 unspecified atom stereocenters. The minimum atomic E-state index is -2.16. The number of benzene rings is 1. The predicted molar refractivity (Wildman–Crippen MR) is 134 cm³/mol. The van der Waals surface area contributed by atoms with Gasteiger partial charge in [0.2, 0.25) is 5.91 Å². The Balaban J connectivity index is 3.07. The Bertz CT molecular complexity index is 772. The Kier molecular flexibility index (Phi) is 10.2. The fourth-order valence-electron chi connectivity index (χ4n) is 2.86. The zero-order valence-electron chi connectivity index (χ0n) is 21.2. The van der Waals surface area contributed by atoms with Crippen LogP contribution in [0.15, 0.2) is 24.3 Å². The van der Waals surface area contributed by atoms with Crippen LogP contribution in [0.3, 0.4) is 0 Å². The van der Waals surface area contributed by atoms with Crippen molar-refractivity contribution in [2.45, 2.75) is 84.8 Å². The van der Waals surface area contributed by atoms with Crippen LogP contribution in [0.1, 0.15) is 52.7 Å². The second-order valence-electron chi connectivity index (χ2n) is 10.8. The van der Waals surface area contributed by atoms with Crippen LogP contribution in [0.5, 0.6) is 0 Å². The molecule has 0 heterocycles. The summed E-state index contributed by atoms with van der Waals surface area (Å²) in [5, 5.41) is 2.79. The largest absolute Gasteiger partial charge is 0.444 e. The molecule has 1 rings (SSSR count). The molecule has 0 spiro atoms. The maximum absolute atomic E-state index is 12.7. The Hall–Kier alpha value is -1.57. The normalized spacial score (nSPS) is 13.4. The average Bonchev–Trinajstić information content (AvgIpc) is 2.62. The summed E-state index contributed by atoms with van der Waals surface area (Å²) in [6.07, 6.45) is -0.893.